The first-order valence-corrected chi connectivity index (χ1v) is 8.65. The van der Waals surface area contributed by atoms with E-state index in [4.69, 9.17) is 4.52 Å². The highest BCUT2D eigenvalue weighted by atomic mass is 16.5. The Labute approximate surface area is 142 Å². The van der Waals surface area contributed by atoms with Crippen molar-refractivity contribution in [3.05, 3.63) is 35.7 Å². The molecule has 24 heavy (non-hydrogen) atoms. The number of nitrogens with zero attached hydrogens (tertiary/aromatic N) is 3. The molecule has 1 fully saturated rings. The smallest absolute Gasteiger partial charge is 0.257 e. The molecule has 0 atom stereocenters. The predicted molar refractivity (Wildman–Crippen MR) is 94.9 cm³/mol. The molecule has 6 nitrogen and oxygen atoms in total. The largest absolute Gasteiger partial charge is 0.356 e. The van der Waals surface area contributed by atoms with E-state index < -0.39 is 0 Å². The van der Waals surface area contributed by atoms with E-state index in [9.17, 15) is 0 Å². The SMILES string of the molecule is CCc1noc(-c2ccc(CCNC(=NC)NCC3CC3)cc2)n1. The van der Waals surface area contributed by atoms with Crippen molar-refractivity contribution in [2.45, 2.75) is 32.6 Å². The summed E-state index contributed by atoms with van der Waals surface area (Å²) < 4.78 is 5.26. The van der Waals surface area contributed by atoms with E-state index in [0.29, 0.717) is 5.89 Å². The highest BCUT2D eigenvalue weighted by Crippen LogP contribution is 2.27. The first-order chi connectivity index (χ1) is 11.8. The first-order valence-electron chi connectivity index (χ1n) is 8.65. The summed E-state index contributed by atoms with van der Waals surface area (Å²) in [5.74, 6) is 3.05. The number of aliphatic imine (C=N–C) groups is 1. The number of hydrogen-bond acceptors (Lipinski definition) is 4. The van der Waals surface area contributed by atoms with Gasteiger partial charge in [0.05, 0.1) is 0 Å². The van der Waals surface area contributed by atoms with Crippen molar-refractivity contribution in [1.29, 1.82) is 0 Å². The second-order valence-electron chi connectivity index (χ2n) is 6.14. The van der Waals surface area contributed by atoms with Crippen molar-refractivity contribution in [1.82, 2.24) is 20.8 Å². The maximum absolute atomic E-state index is 5.26. The van der Waals surface area contributed by atoms with E-state index >= 15 is 0 Å². The Morgan fingerprint density at radius 3 is 2.67 bits per heavy atom. The molecule has 0 amide bonds. The zero-order valence-electron chi connectivity index (χ0n) is 14.4. The van der Waals surface area contributed by atoms with Gasteiger partial charge in [-0.25, -0.2) is 0 Å². The van der Waals surface area contributed by atoms with Gasteiger partial charge < -0.3 is 15.2 Å². The Morgan fingerprint density at radius 1 is 1.25 bits per heavy atom. The third kappa shape index (κ3) is 4.57. The maximum atomic E-state index is 5.26. The summed E-state index contributed by atoms with van der Waals surface area (Å²) in [6.07, 6.45) is 4.41. The van der Waals surface area contributed by atoms with Crippen LogP contribution in [0.5, 0.6) is 0 Å². The van der Waals surface area contributed by atoms with Gasteiger partial charge in [-0.1, -0.05) is 24.2 Å². The number of rotatable bonds is 7. The standard InChI is InChI=1S/C18H25N5O/c1-3-16-22-17(24-23-16)15-8-6-13(7-9-15)10-11-20-18(19-2)21-12-14-4-5-14/h6-9,14H,3-5,10-12H2,1-2H3,(H2,19,20,21). The molecule has 0 spiro atoms. The summed E-state index contributed by atoms with van der Waals surface area (Å²) in [5, 5.41) is 10.7. The lowest BCUT2D eigenvalue weighted by Gasteiger charge is -2.11. The minimum absolute atomic E-state index is 0.584. The highest BCUT2D eigenvalue weighted by Gasteiger charge is 2.20. The zero-order valence-corrected chi connectivity index (χ0v) is 14.4. The third-order valence-corrected chi connectivity index (χ3v) is 4.17. The van der Waals surface area contributed by atoms with E-state index in [2.05, 4.69) is 37.9 Å². The van der Waals surface area contributed by atoms with Crippen LogP contribution in [0.25, 0.3) is 11.5 Å². The van der Waals surface area contributed by atoms with E-state index in [-0.39, 0.29) is 0 Å². The number of hydrogen-bond donors (Lipinski definition) is 2. The Bertz CT molecular complexity index is 673. The van der Waals surface area contributed by atoms with Gasteiger partial charge in [0.2, 0.25) is 0 Å². The third-order valence-electron chi connectivity index (χ3n) is 4.17. The molecular weight excluding hydrogens is 302 g/mol. The fraction of sp³-hybridized carbons (Fsp3) is 0.500. The van der Waals surface area contributed by atoms with Crippen LogP contribution < -0.4 is 10.6 Å². The maximum Gasteiger partial charge on any atom is 0.257 e. The van der Waals surface area contributed by atoms with Gasteiger partial charge in [0, 0.05) is 32.1 Å². The van der Waals surface area contributed by atoms with Gasteiger partial charge in [-0.05, 0) is 42.9 Å². The molecule has 1 aromatic heterocycles. The molecule has 128 valence electrons. The second kappa shape index (κ2) is 7.95. The molecule has 6 heteroatoms. The molecule has 0 unspecified atom stereocenters. The van der Waals surface area contributed by atoms with Crippen LogP contribution in [0.2, 0.25) is 0 Å². The Morgan fingerprint density at radius 2 is 2.04 bits per heavy atom. The molecule has 0 aliphatic heterocycles. The normalized spacial score (nSPS) is 14.7. The second-order valence-corrected chi connectivity index (χ2v) is 6.14. The van der Waals surface area contributed by atoms with Crippen molar-refractivity contribution in [3.63, 3.8) is 0 Å². The molecule has 0 bridgehead atoms. The Balaban J connectivity index is 1.46. The van der Waals surface area contributed by atoms with E-state index in [1.807, 2.05) is 26.1 Å². The van der Waals surface area contributed by atoms with Crippen LogP contribution >= 0.6 is 0 Å². The number of aromatic nitrogens is 2. The van der Waals surface area contributed by atoms with Gasteiger partial charge in [0.1, 0.15) is 0 Å². The summed E-state index contributed by atoms with van der Waals surface area (Å²) in [4.78, 5) is 8.60. The molecule has 0 saturated heterocycles. The Kier molecular flexibility index (Phi) is 5.46. The van der Waals surface area contributed by atoms with Gasteiger partial charge in [0.15, 0.2) is 11.8 Å². The fourth-order valence-corrected chi connectivity index (χ4v) is 2.44. The zero-order chi connectivity index (χ0) is 16.8. The van der Waals surface area contributed by atoms with Crippen LogP contribution in [0.3, 0.4) is 0 Å². The summed E-state index contributed by atoms with van der Waals surface area (Å²) in [7, 11) is 1.81. The van der Waals surface area contributed by atoms with Crippen molar-refractivity contribution in [3.8, 4) is 11.5 Å². The lowest BCUT2D eigenvalue weighted by Crippen LogP contribution is -2.39. The van der Waals surface area contributed by atoms with Crippen molar-refractivity contribution < 1.29 is 4.52 Å². The lowest BCUT2D eigenvalue weighted by atomic mass is 10.1. The topological polar surface area (TPSA) is 75.3 Å². The molecule has 1 saturated carbocycles. The fourth-order valence-electron chi connectivity index (χ4n) is 2.44. The van der Waals surface area contributed by atoms with Gasteiger partial charge in [-0.3, -0.25) is 4.99 Å². The minimum atomic E-state index is 0.584. The molecule has 1 aliphatic rings. The van der Waals surface area contributed by atoms with Crippen LogP contribution in [0.15, 0.2) is 33.8 Å². The number of nitrogens with one attached hydrogen (secondary N) is 2. The minimum Gasteiger partial charge on any atom is -0.356 e. The molecule has 1 aliphatic carbocycles. The van der Waals surface area contributed by atoms with E-state index in [0.717, 1.165) is 49.2 Å². The quantitative estimate of drug-likeness (QED) is 0.603. The highest BCUT2D eigenvalue weighted by molar-refractivity contribution is 5.79. The average Bonchev–Trinajstić information content (AvgIpc) is 3.33. The molecule has 1 aromatic carbocycles. The Hall–Kier alpha value is -2.37. The monoisotopic (exact) mass is 327 g/mol. The van der Waals surface area contributed by atoms with Crippen LogP contribution in [0.4, 0.5) is 0 Å². The van der Waals surface area contributed by atoms with Gasteiger partial charge in [0.25, 0.3) is 5.89 Å². The van der Waals surface area contributed by atoms with Crippen molar-refractivity contribution in [2.24, 2.45) is 10.9 Å². The van der Waals surface area contributed by atoms with E-state index in [1.54, 1.807) is 0 Å². The van der Waals surface area contributed by atoms with Crippen molar-refractivity contribution >= 4 is 5.96 Å². The predicted octanol–water partition coefficient (Wildman–Crippen LogP) is 2.42. The molecule has 2 aromatic rings. The van der Waals surface area contributed by atoms with Crippen LogP contribution in [0.1, 0.15) is 31.2 Å². The van der Waals surface area contributed by atoms with E-state index in [1.165, 1.54) is 18.4 Å². The summed E-state index contributed by atoms with van der Waals surface area (Å²) in [5.41, 5.74) is 2.22. The average molecular weight is 327 g/mol. The molecule has 3 rings (SSSR count). The lowest BCUT2D eigenvalue weighted by molar-refractivity contribution is 0.423. The van der Waals surface area contributed by atoms with Gasteiger partial charge in [-0.15, -0.1) is 0 Å². The first kappa shape index (κ1) is 16.5. The molecule has 1 heterocycles. The van der Waals surface area contributed by atoms with Crippen LogP contribution in [-0.4, -0.2) is 36.2 Å². The van der Waals surface area contributed by atoms with Crippen molar-refractivity contribution in [2.75, 3.05) is 20.1 Å². The van der Waals surface area contributed by atoms with Gasteiger partial charge >= 0.3 is 0 Å². The number of aryl methyl sites for hydroxylation is 1. The van der Waals surface area contributed by atoms with Crippen LogP contribution in [-0.2, 0) is 12.8 Å². The summed E-state index contributed by atoms with van der Waals surface area (Å²) in [6, 6.07) is 8.27. The number of guanidine groups is 1. The molecule has 2 N–H and O–H groups in total. The summed E-state index contributed by atoms with van der Waals surface area (Å²) >= 11 is 0. The van der Waals surface area contributed by atoms with Crippen LogP contribution in [0, 0.1) is 5.92 Å². The number of benzene rings is 1. The molecular formula is C18H25N5O. The summed E-state index contributed by atoms with van der Waals surface area (Å²) in [6.45, 7) is 3.89. The molecule has 0 radical (unpaired) electrons. The van der Waals surface area contributed by atoms with Gasteiger partial charge in [-0.2, -0.15) is 4.98 Å².